The van der Waals surface area contributed by atoms with E-state index < -0.39 is 0 Å². The van der Waals surface area contributed by atoms with E-state index in [-0.39, 0.29) is 17.6 Å². The molecule has 1 aliphatic rings. The highest BCUT2D eigenvalue weighted by Gasteiger charge is 2.35. The smallest absolute Gasteiger partial charge is 0.251 e. The number of hydrogen-bond donors (Lipinski definition) is 2. The van der Waals surface area contributed by atoms with Crippen molar-refractivity contribution in [3.05, 3.63) is 29.8 Å². The number of hydrogen-bond acceptors (Lipinski definition) is 3. The lowest BCUT2D eigenvalue weighted by Crippen LogP contribution is -2.48. The van der Waals surface area contributed by atoms with Gasteiger partial charge in [0.05, 0.1) is 5.60 Å². The molecule has 0 spiro atoms. The van der Waals surface area contributed by atoms with E-state index in [0.29, 0.717) is 5.56 Å². The zero-order chi connectivity index (χ0) is 15.3. The Labute approximate surface area is 127 Å². The molecule has 4 heteroatoms. The van der Waals surface area contributed by atoms with Crippen molar-refractivity contribution in [2.75, 3.05) is 19.0 Å². The largest absolute Gasteiger partial charge is 0.388 e. The van der Waals surface area contributed by atoms with Crippen LogP contribution in [0.15, 0.2) is 24.3 Å². The Kier molecular flexibility index (Phi) is 5.23. The quantitative estimate of drug-likeness (QED) is 0.875. The van der Waals surface area contributed by atoms with Gasteiger partial charge in [0.2, 0.25) is 0 Å². The van der Waals surface area contributed by atoms with Crippen LogP contribution >= 0.6 is 0 Å². The molecule has 2 rings (SSSR count). The fourth-order valence-corrected chi connectivity index (χ4v) is 2.95. The number of rotatable bonds is 5. The van der Waals surface area contributed by atoms with Gasteiger partial charge in [-0.2, -0.15) is 0 Å². The number of ether oxygens (including phenoxy) is 1. The van der Waals surface area contributed by atoms with Gasteiger partial charge in [0.25, 0.3) is 5.91 Å². The van der Waals surface area contributed by atoms with Gasteiger partial charge in [-0.1, -0.05) is 13.8 Å². The van der Waals surface area contributed by atoms with Crippen LogP contribution in [0, 0.1) is 0 Å². The molecule has 0 saturated carbocycles. The lowest BCUT2D eigenvalue weighted by Gasteiger charge is -2.40. The van der Waals surface area contributed by atoms with Gasteiger partial charge in [-0.25, -0.2) is 0 Å². The maximum Gasteiger partial charge on any atom is 0.251 e. The minimum Gasteiger partial charge on any atom is -0.388 e. The Bertz CT molecular complexity index is 466. The lowest BCUT2D eigenvalue weighted by molar-refractivity contribution is -0.0917. The third-order valence-corrected chi connectivity index (χ3v) is 4.55. The van der Waals surface area contributed by atoms with Crippen LogP contribution in [0.25, 0.3) is 0 Å². The van der Waals surface area contributed by atoms with E-state index in [9.17, 15) is 4.79 Å². The first-order valence-electron chi connectivity index (χ1n) is 7.85. The number of anilines is 1. The molecule has 0 bridgehead atoms. The average Bonchev–Trinajstić information content (AvgIpc) is 2.55. The molecule has 1 saturated heterocycles. The third-order valence-electron chi connectivity index (χ3n) is 4.55. The second-order valence-electron chi connectivity index (χ2n) is 5.73. The van der Waals surface area contributed by atoms with Crippen molar-refractivity contribution >= 4 is 11.6 Å². The van der Waals surface area contributed by atoms with E-state index in [0.717, 1.165) is 38.0 Å². The highest BCUT2D eigenvalue weighted by atomic mass is 16.5. The predicted molar refractivity (Wildman–Crippen MR) is 85.7 cm³/mol. The molecule has 1 aliphatic heterocycles. The van der Waals surface area contributed by atoms with Crippen molar-refractivity contribution in [1.29, 1.82) is 0 Å². The number of benzene rings is 1. The summed E-state index contributed by atoms with van der Waals surface area (Å²) >= 11 is 0. The van der Waals surface area contributed by atoms with Crippen LogP contribution in [0.2, 0.25) is 0 Å². The van der Waals surface area contributed by atoms with Crippen molar-refractivity contribution in [3.8, 4) is 0 Å². The molecule has 4 nitrogen and oxygen atoms in total. The summed E-state index contributed by atoms with van der Waals surface area (Å²) in [5.74, 6) is 0.00524. The first-order chi connectivity index (χ1) is 10.1. The molecule has 2 N–H and O–H groups in total. The molecular formula is C17H26N2O2. The molecule has 1 heterocycles. The van der Waals surface area contributed by atoms with E-state index in [1.165, 1.54) is 0 Å². The molecule has 1 fully saturated rings. The molecule has 1 atom stereocenters. The predicted octanol–water partition coefficient (Wildman–Crippen LogP) is 3.20. The summed E-state index contributed by atoms with van der Waals surface area (Å²) in [4.78, 5) is 12.3. The summed E-state index contributed by atoms with van der Waals surface area (Å²) in [5.41, 5.74) is 1.65. The number of nitrogens with one attached hydrogen (secondary N) is 2. The van der Waals surface area contributed by atoms with E-state index in [2.05, 4.69) is 24.5 Å². The Morgan fingerprint density at radius 3 is 2.52 bits per heavy atom. The summed E-state index contributed by atoms with van der Waals surface area (Å²) in [7, 11) is 1.87. The summed E-state index contributed by atoms with van der Waals surface area (Å²) in [5, 5.41) is 6.21. The van der Waals surface area contributed by atoms with Gasteiger partial charge in [-0.3, -0.25) is 4.79 Å². The Balaban J connectivity index is 1.98. The maximum absolute atomic E-state index is 12.3. The molecule has 1 unspecified atom stereocenters. The zero-order valence-corrected chi connectivity index (χ0v) is 13.2. The van der Waals surface area contributed by atoms with Crippen molar-refractivity contribution in [2.45, 2.75) is 51.2 Å². The van der Waals surface area contributed by atoms with E-state index in [1.807, 2.05) is 31.3 Å². The van der Waals surface area contributed by atoms with Crippen LogP contribution in [0.3, 0.4) is 0 Å². The molecule has 1 aromatic rings. The van der Waals surface area contributed by atoms with Gasteiger partial charge in [0.1, 0.15) is 0 Å². The van der Waals surface area contributed by atoms with Crippen LogP contribution in [-0.4, -0.2) is 31.2 Å². The highest BCUT2D eigenvalue weighted by Crippen LogP contribution is 2.31. The molecule has 21 heavy (non-hydrogen) atoms. The van der Waals surface area contributed by atoms with Gasteiger partial charge >= 0.3 is 0 Å². The standard InChI is InChI=1S/C17H26N2O2/c1-4-17(5-2)12-15(10-11-21-17)19-16(20)13-6-8-14(18-3)9-7-13/h6-9,15,18H,4-5,10-12H2,1-3H3,(H,19,20). The minimum atomic E-state index is -0.0633. The van der Waals surface area contributed by atoms with Crippen LogP contribution in [-0.2, 0) is 4.74 Å². The molecule has 1 aromatic carbocycles. The number of carbonyl (C=O) groups excluding carboxylic acids is 1. The van der Waals surface area contributed by atoms with Gasteiger partial charge in [-0.15, -0.1) is 0 Å². The molecule has 116 valence electrons. The van der Waals surface area contributed by atoms with E-state index >= 15 is 0 Å². The molecule has 0 aliphatic carbocycles. The van der Waals surface area contributed by atoms with Crippen LogP contribution in [0.4, 0.5) is 5.69 Å². The first kappa shape index (κ1) is 15.8. The highest BCUT2D eigenvalue weighted by molar-refractivity contribution is 5.94. The summed E-state index contributed by atoms with van der Waals surface area (Å²) in [6, 6.07) is 7.75. The van der Waals surface area contributed by atoms with Crippen molar-refractivity contribution < 1.29 is 9.53 Å². The fraction of sp³-hybridized carbons (Fsp3) is 0.588. The van der Waals surface area contributed by atoms with Crippen LogP contribution in [0.1, 0.15) is 49.9 Å². The SMILES string of the molecule is CCC1(CC)CC(NC(=O)c2ccc(NC)cc2)CCO1. The first-order valence-corrected chi connectivity index (χ1v) is 7.85. The summed E-state index contributed by atoms with van der Waals surface area (Å²) < 4.78 is 5.95. The van der Waals surface area contributed by atoms with Crippen LogP contribution in [0.5, 0.6) is 0 Å². The zero-order valence-electron chi connectivity index (χ0n) is 13.2. The second-order valence-corrected chi connectivity index (χ2v) is 5.73. The lowest BCUT2D eigenvalue weighted by atomic mass is 9.86. The van der Waals surface area contributed by atoms with Gasteiger partial charge in [-0.05, 0) is 49.9 Å². The number of carbonyl (C=O) groups is 1. The van der Waals surface area contributed by atoms with Gasteiger partial charge in [0, 0.05) is 30.9 Å². The van der Waals surface area contributed by atoms with Crippen molar-refractivity contribution in [2.24, 2.45) is 0 Å². The van der Waals surface area contributed by atoms with Crippen molar-refractivity contribution in [3.63, 3.8) is 0 Å². The average molecular weight is 290 g/mol. The Morgan fingerprint density at radius 2 is 1.95 bits per heavy atom. The van der Waals surface area contributed by atoms with Crippen molar-refractivity contribution in [1.82, 2.24) is 5.32 Å². The van der Waals surface area contributed by atoms with Crippen LogP contribution < -0.4 is 10.6 Å². The monoisotopic (exact) mass is 290 g/mol. The van der Waals surface area contributed by atoms with Gasteiger partial charge in [0.15, 0.2) is 0 Å². The minimum absolute atomic E-state index is 0.00524. The normalized spacial score (nSPS) is 20.8. The molecule has 0 aromatic heterocycles. The molecule has 0 radical (unpaired) electrons. The van der Waals surface area contributed by atoms with Gasteiger partial charge < -0.3 is 15.4 Å². The Morgan fingerprint density at radius 1 is 1.29 bits per heavy atom. The third kappa shape index (κ3) is 3.76. The van der Waals surface area contributed by atoms with E-state index in [1.54, 1.807) is 0 Å². The summed E-state index contributed by atoms with van der Waals surface area (Å²) in [6.45, 7) is 5.04. The second kappa shape index (κ2) is 6.94. The molecular weight excluding hydrogens is 264 g/mol. The fourth-order valence-electron chi connectivity index (χ4n) is 2.95. The number of amides is 1. The Hall–Kier alpha value is -1.55. The maximum atomic E-state index is 12.3. The summed E-state index contributed by atoms with van der Waals surface area (Å²) in [6.07, 6.45) is 3.78. The topological polar surface area (TPSA) is 50.4 Å². The molecule has 1 amide bonds. The van der Waals surface area contributed by atoms with E-state index in [4.69, 9.17) is 4.74 Å².